The van der Waals surface area contributed by atoms with Crippen LogP contribution in [0.4, 0.5) is 4.79 Å². The molecule has 1 N–H and O–H groups in total. The summed E-state index contributed by atoms with van der Waals surface area (Å²) in [6.45, 7) is -0.0672. The lowest BCUT2D eigenvalue weighted by Gasteiger charge is -2.05. The SMILES string of the molecule is COc1ccc(COC(=O)NS(=O)(=O)Cl)cc1. The smallest absolute Gasteiger partial charge is 0.422 e. The van der Waals surface area contributed by atoms with Crippen LogP contribution in [0.15, 0.2) is 24.3 Å². The molecule has 0 unspecified atom stereocenters. The Morgan fingerprint density at radius 1 is 1.35 bits per heavy atom. The van der Waals surface area contributed by atoms with Gasteiger partial charge in [-0.15, -0.1) is 0 Å². The van der Waals surface area contributed by atoms with Crippen LogP contribution in [-0.2, 0) is 20.6 Å². The highest BCUT2D eigenvalue weighted by Crippen LogP contribution is 2.11. The Hall–Kier alpha value is -1.47. The van der Waals surface area contributed by atoms with Gasteiger partial charge in [0.2, 0.25) is 0 Å². The number of carbonyl (C=O) groups is 1. The largest absolute Gasteiger partial charge is 0.497 e. The van der Waals surface area contributed by atoms with E-state index in [0.717, 1.165) is 0 Å². The van der Waals surface area contributed by atoms with E-state index in [1.807, 2.05) is 0 Å². The quantitative estimate of drug-likeness (QED) is 0.843. The second-order valence-electron chi connectivity index (χ2n) is 2.96. The summed E-state index contributed by atoms with van der Waals surface area (Å²) in [6.07, 6.45) is -1.13. The molecule has 94 valence electrons. The van der Waals surface area contributed by atoms with Gasteiger partial charge in [0.25, 0.3) is 0 Å². The summed E-state index contributed by atoms with van der Waals surface area (Å²) >= 11 is 0. The van der Waals surface area contributed by atoms with Crippen LogP contribution >= 0.6 is 10.7 Å². The molecular weight excluding hydrogens is 270 g/mol. The molecule has 1 aromatic carbocycles. The van der Waals surface area contributed by atoms with Gasteiger partial charge in [-0.25, -0.2) is 9.52 Å². The molecule has 0 fully saturated rings. The average Bonchev–Trinajstić information content (AvgIpc) is 2.25. The molecule has 0 spiro atoms. The van der Waals surface area contributed by atoms with Crippen molar-refractivity contribution in [1.29, 1.82) is 0 Å². The molecule has 0 saturated carbocycles. The van der Waals surface area contributed by atoms with E-state index in [-0.39, 0.29) is 6.61 Å². The van der Waals surface area contributed by atoms with Crippen LogP contribution in [-0.4, -0.2) is 21.6 Å². The van der Waals surface area contributed by atoms with Crippen LogP contribution in [0, 0.1) is 0 Å². The van der Waals surface area contributed by atoms with Crippen molar-refractivity contribution in [2.75, 3.05) is 7.11 Å². The predicted molar refractivity (Wildman–Crippen MR) is 61.1 cm³/mol. The number of halogens is 1. The second-order valence-corrected chi connectivity index (χ2v) is 5.26. The molecule has 0 radical (unpaired) electrons. The molecule has 1 amide bonds. The molecule has 0 bridgehead atoms. The lowest BCUT2D eigenvalue weighted by molar-refractivity contribution is 0.146. The van der Waals surface area contributed by atoms with Gasteiger partial charge in [-0.1, -0.05) is 12.1 Å². The first-order chi connectivity index (χ1) is 7.90. The van der Waals surface area contributed by atoms with Crippen LogP contribution in [0.3, 0.4) is 0 Å². The van der Waals surface area contributed by atoms with Crippen molar-refractivity contribution in [2.45, 2.75) is 6.61 Å². The molecular formula is C9H10ClNO5S. The first-order valence-corrected chi connectivity index (χ1v) is 6.74. The fourth-order valence-electron chi connectivity index (χ4n) is 1.000. The number of carbonyl (C=O) groups excluding carboxylic acids is 1. The summed E-state index contributed by atoms with van der Waals surface area (Å²) in [5.74, 6) is 0.668. The van der Waals surface area contributed by atoms with E-state index in [1.165, 1.54) is 11.8 Å². The summed E-state index contributed by atoms with van der Waals surface area (Å²) in [6, 6.07) is 6.74. The number of ether oxygens (including phenoxy) is 2. The molecule has 8 heteroatoms. The summed E-state index contributed by atoms with van der Waals surface area (Å²) in [4.78, 5) is 10.9. The van der Waals surface area contributed by atoms with Gasteiger partial charge in [0.05, 0.1) is 7.11 Å². The third-order valence-corrected chi connectivity index (χ3v) is 2.38. The van der Waals surface area contributed by atoms with E-state index in [4.69, 9.17) is 15.4 Å². The van der Waals surface area contributed by atoms with Crippen LogP contribution in [0.25, 0.3) is 0 Å². The molecule has 0 aliphatic carbocycles. The molecule has 0 aliphatic rings. The van der Waals surface area contributed by atoms with Gasteiger partial charge < -0.3 is 9.47 Å². The number of rotatable bonds is 4. The topological polar surface area (TPSA) is 81.7 Å². The average molecular weight is 280 g/mol. The fraction of sp³-hybridized carbons (Fsp3) is 0.222. The standard InChI is InChI=1S/C9H10ClNO5S/c1-15-8-4-2-7(3-5-8)6-16-9(12)11-17(10,13)14/h2-5H,6H2,1H3,(H,11,12). The summed E-state index contributed by atoms with van der Waals surface area (Å²) in [7, 11) is 2.21. The summed E-state index contributed by atoms with van der Waals surface area (Å²) in [5.41, 5.74) is 0.688. The predicted octanol–water partition coefficient (Wildman–Crippen LogP) is 1.40. The van der Waals surface area contributed by atoms with Gasteiger partial charge in [-0.3, -0.25) is 0 Å². The second kappa shape index (κ2) is 5.74. The van der Waals surface area contributed by atoms with Gasteiger partial charge in [-0.2, -0.15) is 8.42 Å². The molecule has 0 heterocycles. The molecule has 0 aliphatic heterocycles. The third-order valence-electron chi connectivity index (χ3n) is 1.73. The highest BCUT2D eigenvalue weighted by molar-refractivity contribution is 8.12. The van der Waals surface area contributed by atoms with Gasteiger partial charge in [0.15, 0.2) is 0 Å². The minimum atomic E-state index is -4.11. The minimum absolute atomic E-state index is 0.0672. The Kier molecular flexibility index (Phi) is 4.59. The van der Waals surface area contributed by atoms with E-state index >= 15 is 0 Å². The van der Waals surface area contributed by atoms with Gasteiger partial charge in [-0.05, 0) is 17.7 Å². The number of hydrogen-bond acceptors (Lipinski definition) is 5. The molecule has 0 atom stereocenters. The zero-order valence-electron chi connectivity index (χ0n) is 8.84. The first-order valence-electron chi connectivity index (χ1n) is 4.43. The molecule has 6 nitrogen and oxygen atoms in total. The van der Waals surface area contributed by atoms with Gasteiger partial charge in [0, 0.05) is 10.7 Å². The van der Waals surface area contributed by atoms with Crippen LogP contribution in [0.2, 0.25) is 0 Å². The lowest BCUT2D eigenvalue weighted by Crippen LogP contribution is -2.27. The van der Waals surface area contributed by atoms with Crippen LogP contribution < -0.4 is 9.46 Å². The molecule has 1 aromatic rings. The number of nitrogens with one attached hydrogen (secondary N) is 1. The van der Waals surface area contributed by atoms with Crippen molar-refractivity contribution in [3.8, 4) is 5.75 Å². The maximum Gasteiger partial charge on any atom is 0.422 e. The fourth-order valence-corrected chi connectivity index (χ4v) is 1.45. The van der Waals surface area contributed by atoms with E-state index in [0.29, 0.717) is 11.3 Å². The summed E-state index contributed by atoms with van der Waals surface area (Å²) < 4.78 is 32.0. The molecule has 0 aromatic heterocycles. The van der Waals surface area contributed by atoms with Crippen LogP contribution in [0.5, 0.6) is 5.75 Å². The monoisotopic (exact) mass is 279 g/mol. The highest BCUT2D eigenvalue weighted by Gasteiger charge is 2.11. The molecule has 17 heavy (non-hydrogen) atoms. The van der Waals surface area contributed by atoms with Crippen molar-refractivity contribution in [3.63, 3.8) is 0 Å². The Labute approximate surface area is 103 Å². The number of amides is 1. The minimum Gasteiger partial charge on any atom is -0.497 e. The van der Waals surface area contributed by atoms with Gasteiger partial charge in [0.1, 0.15) is 12.4 Å². The van der Waals surface area contributed by atoms with E-state index in [2.05, 4.69) is 4.74 Å². The Bertz CT molecular complexity index is 485. The van der Waals surface area contributed by atoms with E-state index in [1.54, 1.807) is 24.3 Å². The van der Waals surface area contributed by atoms with Gasteiger partial charge >= 0.3 is 15.3 Å². The highest BCUT2D eigenvalue weighted by atomic mass is 35.7. The van der Waals surface area contributed by atoms with Crippen molar-refractivity contribution in [1.82, 2.24) is 4.72 Å². The molecule has 0 saturated heterocycles. The van der Waals surface area contributed by atoms with E-state index < -0.39 is 15.3 Å². The third kappa shape index (κ3) is 5.41. The van der Waals surface area contributed by atoms with Crippen molar-refractivity contribution in [3.05, 3.63) is 29.8 Å². The van der Waals surface area contributed by atoms with Crippen molar-refractivity contribution < 1.29 is 22.7 Å². The first kappa shape index (κ1) is 13.6. The Balaban J connectivity index is 2.47. The lowest BCUT2D eigenvalue weighted by atomic mass is 10.2. The maximum absolute atomic E-state index is 10.9. The number of hydrogen-bond donors (Lipinski definition) is 1. The number of benzene rings is 1. The van der Waals surface area contributed by atoms with Crippen molar-refractivity contribution in [2.24, 2.45) is 0 Å². The maximum atomic E-state index is 10.9. The zero-order valence-corrected chi connectivity index (χ0v) is 10.4. The Morgan fingerprint density at radius 3 is 2.41 bits per heavy atom. The Morgan fingerprint density at radius 2 is 1.94 bits per heavy atom. The zero-order chi connectivity index (χ0) is 12.9. The summed E-state index contributed by atoms with van der Waals surface area (Å²) in [5, 5.41) is 0. The molecule has 1 rings (SSSR count). The van der Waals surface area contributed by atoms with Crippen LogP contribution in [0.1, 0.15) is 5.56 Å². The van der Waals surface area contributed by atoms with Crippen molar-refractivity contribution >= 4 is 26.0 Å². The normalized spacial score (nSPS) is 10.7. The van der Waals surface area contributed by atoms with E-state index in [9.17, 15) is 13.2 Å². The number of methoxy groups -OCH3 is 1.